The van der Waals surface area contributed by atoms with Crippen LogP contribution in [-0.4, -0.2) is 63.5 Å². The van der Waals surface area contributed by atoms with E-state index in [4.69, 9.17) is 0 Å². The number of anilines is 1. The van der Waals surface area contributed by atoms with E-state index >= 15 is 0 Å². The SMILES string of the molecule is O=S(=O)(O)c1cc(O)c2c(NCC3=C(O)C(O)C(O)(Br)C(Br)=C3)cc(S(=O)(=O)O)cc2c1. The van der Waals surface area contributed by atoms with E-state index in [1.54, 1.807) is 0 Å². The van der Waals surface area contributed by atoms with Gasteiger partial charge in [-0.15, -0.1) is 0 Å². The molecule has 174 valence electrons. The highest BCUT2D eigenvalue weighted by molar-refractivity contribution is 9.14. The predicted molar refractivity (Wildman–Crippen MR) is 120 cm³/mol. The Morgan fingerprint density at radius 2 is 1.53 bits per heavy atom. The first kappa shape index (κ1) is 24.9. The molecule has 0 saturated heterocycles. The number of benzene rings is 2. The average Bonchev–Trinajstić information content (AvgIpc) is 2.66. The predicted octanol–water partition coefficient (Wildman–Crippen LogP) is 2.00. The third-order valence-electron chi connectivity index (χ3n) is 4.63. The number of fused-ring (bicyclic) bond motifs is 1. The minimum atomic E-state index is -4.76. The van der Waals surface area contributed by atoms with Crippen LogP contribution in [0.2, 0.25) is 0 Å². The maximum absolute atomic E-state index is 11.7. The number of hydrogen-bond donors (Lipinski definition) is 7. The van der Waals surface area contributed by atoms with Crippen molar-refractivity contribution >= 4 is 68.6 Å². The van der Waals surface area contributed by atoms with Crippen LogP contribution in [0, 0.1) is 0 Å². The number of phenols is 1. The first-order valence-electron chi connectivity index (χ1n) is 8.42. The topological polar surface area (TPSA) is 202 Å². The van der Waals surface area contributed by atoms with Crippen molar-refractivity contribution in [3.05, 3.63) is 46.2 Å². The van der Waals surface area contributed by atoms with Crippen LogP contribution in [0.5, 0.6) is 5.75 Å². The van der Waals surface area contributed by atoms with Crippen molar-refractivity contribution in [3.63, 3.8) is 0 Å². The molecule has 2 aromatic carbocycles. The summed E-state index contributed by atoms with van der Waals surface area (Å²) in [5, 5.41) is 43.3. The summed E-state index contributed by atoms with van der Waals surface area (Å²) in [6, 6.07) is 3.50. The summed E-state index contributed by atoms with van der Waals surface area (Å²) in [4.78, 5) is -1.35. The van der Waals surface area contributed by atoms with Crippen LogP contribution in [-0.2, 0) is 20.2 Å². The van der Waals surface area contributed by atoms with Crippen LogP contribution in [0.1, 0.15) is 0 Å². The first-order valence-corrected chi connectivity index (χ1v) is 12.9. The van der Waals surface area contributed by atoms with Gasteiger partial charge in [-0.3, -0.25) is 9.11 Å². The standard InChI is InChI=1S/C17H15Br2NO10S2/c18-13-3-8(15(22)16(23)17(13,19)24)6-20-11-4-9(31(25,26)27)1-7-2-10(32(28,29)30)5-12(21)14(7)11/h1-5,16,20-24H,6H2,(H,25,26,27)(H,28,29,30). The lowest BCUT2D eigenvalue weighted by atomic mass is 9.99. The van der Waals surface area contributed by atoms with Crippen LogP contribution >= 0.6 is 31.9 Å². The summed E-state index contributed by atoms with van der Waals surface area (Å²) < 4.78 is 63.0. The molecular weight excluding hydrogens is 602 g/mol. The summed E-state index contributed by atoms with van der Waals surface area (Å²) in [6.45, 7) is -0.259. The highest BCUT2D eigenvalue weighted by Crippen LogP contribution is 2.41. The zero-order chi connectivity index (χ0) is 24.2. The van der Waals surface area contributed by atoms with Gasteiger partial charge in [0, 0.05) is 33.7 Å². The fraction of sp³-hybridized carbons (Fsp3) is 0.176. The normalized spacial score (nSPS) is 22.2. The molecule has 15 heteroatoms. The highest BCUT2D eigenvalue weighted by atomic mass is 79.9. The number of alkyl halides is 1. The van der Waals surface area contributed by atoms with Crippen molar-refractivity contribution in [2.45, 2.75) is 20.4 Å². The van der Waals surface area contributed by atoms with Crippen molar-refractivity contribution in [2.24, 2.45) is 0 Å². The van der Waals surface area contributed by atoms with Crippen LogP contribution in [0.15, 0.2) is 55.9 Å². The number of aromatic hydroxyl groups is 1. The summed E-state index contributed by atoms with van der Waals surface area (Å²) >= 11 is 5.92. The minimum absolute atomic E-state index is 0.0544. The van der Waals surface area contributed by atoms with Crippen LogP contribution < -0.4 is 5.32 Å². The average molecular weight is 617 g/mol. The molecule has 3 rings (SSSR count). The molecule has 2 unspecified atom stereocenters. The summed E-state index contributed by atoms with van der Waals surface area (Å²) in [5.74, 6) is -1.24. The van der Waals surface area contributed by atoms with Gasteiger partial charge >= 0.3 is 0 Å². The molecule has 0 amide bonds. The third kappa shape index (κ3) is 4.65. The van der Waals surface area contributed by atoms with Crippen LogP contribution in [0.25, 0.3) is 10.8 Å². The Hall–Kier alpha value is -1.72. The fourth-order valence-electron chi connectivity index (χ4n) is 3.02. The molecule has 0 heterocycles. The fourth-order valence-corrected chi connectivity index (χ4v) is 4.93. The molecule has 0 aromatic heterocycles. The number of hydrogen-bond acceptors (Lipinski definition) is 9. The van der Waals surface area contributed by atoms with Gasteiger partial charge in [0.05, 0.1) is 9.79 Å². The molecule has 0 bridgehead atoms. The molecule has 0 saturated carbocycles. The van der Waals surface area contributed by atoms with Gasteiger partial charge in [-0.2, -0.15) is 16.8 Å². The molecule has 0 radical (unpaired) electrons. The second-order valence-electron chi connectivity index (χ2n) is 6.79. The number of nitrogens with one attached hydrogen (secondary N) is 1. The van der Waals surface area contributed by atoms with E-state index in [2.05, 4.69) is 37.2 Å². The Morgan fingerprint density at radius 3 is 2.06 bits per heavy atom. The lowest BCUT2D eigenvalue weighted by Crippen LogP contribution is -2.41. The number of rotatable bonds is 5. The van der Waals surface area contributed by atoms with E-state index in [0.29, 0.717) is 0 Å². The van der Waals surface area contributed by atoms with E-state index in [1.165, 1.54) is 6.08 Å². The molecule has 1 aliphatic carbocycles. The van der Waals surface area contributed by atoms with Crippen molar-refractivity contribution in [2.75, 3.05) is 11.9 Å². The quantitative estimate of drug-likeness (QED) is 0.191. The molecule has 0 fully saturated rings. The molecule has 7 N–H and O–H groups in total. The largest absolute Gasteiger partial charge is 0.509 e. The maximum atomic E-state index is 11.7. The number of aliphatic hydroxyl groups excluding tert-OH is 2. The van der Waals surface area contributed by atoms with Gasteiger partial charge in [-0.25, -0.2) is 0 Å². The lowest BCUT2D eigenvalue weighted by molar-refractivity contribution is 0.0226. The van der Waals surface area contributed by atoms with Crippen LogP contribution in [0.4, 0.5) is 5.69 Å². The number of phenolic OH excluding ortho intramolecular Hbond substituents is 1. The molecule has 11 nitrogen and oxygen atoms in total. The van der Waals surface area contributed by atoms with Gasteiger partial charge in [0.25, 0.3) is 20.2 Å². The second-order valence-corrected chi connectivity index (χ2v) is 11.7. The first-order chi connectivity index (χ1) is 14.5. The van der Waals surface area contributed by atoms with E-state index < -0.39 is 52.2 Å². The zero-order valence-corrected chi connectivity index (χ0v) is 20.4. The molecule has 0 spiro atoms. The Bertz CT molecular complexity index is 1390. The van der Waals surface area contributed by atoms with Gasteiger partial charge in [0.1, 0.15) is 11.5 Å². The lowest BCUT2D eigenvalue weighted by Gasteiger charge is -2.31. The van der Waals surface area contributed by atoms with Crippen molar-refractivity contribution in [1.29, 1.82) is 0 Å². The summed E-state index contributed by atoms with van der Waals surface area (Å²) in [5.41, 5.74) is -0.0125. The van der Waals surface area contributed by atoms with Crippen molar-refractivity contribution < 1.29 is 46.4 Å². The third-order valence-corrected chi connectivity index (χ3v) is 8.52. The molecule has 2 atom stereocenters. The Balaban J connectivity index is 2.15. The molecular formula is C17H15Br2NO10S2. The zero-order valence-electron chi connectivity index (χ0n) is 15.6. The Labute approximate surface area is 198 Å². The highest BCUT2D eigenvalue weighted by Gasteiger charge is 2.42. The number of halogens is 2. The summed E-state index contributed by atoms with van der Waals surface area (Å²) in [7, 11) is -9.50. The molecule has 0 aliphatic heterocycles. The molecule has 32 heavy (non-hydrogen) atoms. The van der Waals surface area contributed by atoms with Gasteiger partial charge < -0.3 is 25.7 Å². The summed E-state index contributed by atoms with van der Waals surface area (Å²) in [6.07, 6.45) is -0.458. The Kier molecular flexibility index (Phi) is 6.42. The minimum Gasteiger partial charge on any atom is -0.509 e. The molecule has 2 aromatic rings. The number of aliphatic hydroxyl groups is 3. The van der Waals surface area contributed by atoms with E-state index in [1.807, 2.05) is 0 Å². The van der Waals surface area contributed by atoms with E-state index in [0.717, 1.165) is 24.3 Å². The van der Waals surface area contributed by atoms with Crippen molar-refractivity contribution in [3.8, 4) is 5.75 Å². The van der Waals surface area contributed by atoms with Crippen LogP contribution in [0.3, 0.4) is 0 Å². The van der Waals surface area contributed by atoms with Gasteiger partial charge in [-0.1, -0.05) is 15.9 Å². The smallest absolute Gasteiger partial charge is 0.294 e. The molecule has 1 aliphatic rings. The maximum Gasteiger partial charge on any atom is 0.294 e. The second kappa shape index (κ2) is 8.25. The monoisotopic (exact) mass is 615 g/mol. The van der Waals surface area contributed by atoms with E-state index in [-0.39, 0.29) is 33.1 Å². The Morgan fingerprint density at radius 1 is 1.00 bits per heavy atom. The van der Waals surface area contributed by atoms with Crippen molar-refractivity contribution in [1.82, 2.24) is 0 Å². The van der Waals surface area contributed by atoms with Gasteiger partial charge in [-0.05, 0) is 45.6 Å². The van der Waals surface area contributed by atoms with Gasteiger partial charge in [0.2, 0.25) is 0 Å². The van der Waals surface area contributed by atoms with E-state index in [9.17, 15) is 46.4 Å². The van der Waals surface area contributed by atoms with Gasteiger partial charge in [0.15, 0.2) is 10.6 Å².